The van der Waals surface area contributed by atoms with Crippen LogP contribution in [0.3, 0.4) is 0 Å². The van der Waals surface area contributed by atoms with Gasteiger partial charge in [0.1, 0.15) is 5.76 Å². The molecule has 0 saturated carbocycles. The van der Waals surface area contributed by atoms with Crippen molar-refractivity contribution in [2.24, 2.45) is 0 Å². The van der Waals surface area contributed by atoms with E-state index >= 15 is 0 Å². The average Bonchev–Trinajstić information content (AvgIpc) is 2.65. The fraction of sp³-hybridized carbons (Fsp3) is 0.227. The third kappa shape index (κ3) is 5.81. The summed E-state index contributed by atoms with van der Waals surface area (Å²) in [6.07, 6.45) is 0.622. The van der Waals surface area contributed by atoms with E-state index in [4.69, 9.17) is 15.9 Å². The molecule has 0 radical (unpaired) electrons. The number of aryl methyl sites for hydroxylation is 1. The number of hydrogen-bond donors (Lipinski definition) is 5. The van der Waals surface area contributed by atoms with Crippen LogP contribution in [0.25, 0.3) is 0 Å². The Morgan fingerprint density at radius 2 is 1.68 bits per heavy atom. The predicted molar refractivity (Wildman–Crippen MR) is 112 cm³/mol. The van der Waals surface area contributed by atoms with E-state index in [9.17, 15) is 9.90 Å². The van der Waals surface area contributed by atoms with E-state index in [1.807, 2.05) is 42.5 Å². The summed E-state index contributed by atoms with van der Waals surface area (Å²) >= 11 is 0. The van der Waals surface area contributed by atoms with Crippen molar-refractivity contribution in [3.63, 3.8) is 0 Å². The number of hydrogen-bond acceptors (Lipinski definition) is 5. The van der Waals surface area contributed by atoms with Gasteiger partial charge in [-0.05, 0) is 49.6 Å². The van der Waals surface area contributed by atoms with E-state index in [-0.39, 0.29) is 29.2 Å². The van der Waals surface area contributed by atoms with Crippen molar-refractivity contribution >= 4 is 23.1 Å². The number of nitrogens with one attached hydrogen (secondary N) is 3. The third-order valence-electron chi connectivity index (χ3n) is 4.28. The fourth-order valence-corrected chi connectivity index (χ4v) is 2.87. The SMILES string of the molecule is CC(=N)/C(C(=N)c1cccc(CNc2ccc(CCC(=O)O)cc2)c1)=C(/C)O. The Hall–Kier alpha value is -3.41. The van der Waals surface area contributed by atoms with Gasteiger partial charge < -0.3 is 20.9 Å². The largest absolute Gasteiger partial charge is 0.512 e. The van der Waals surface area contributed by atoms with E-state index < -0.39 is 5.97 Å². The molecule has 28 heavy (non-hydrogen) atoms. The van der Waals surface area contributed by atoms with Crippen molar-refractivity contribution in [1.29, 1.82) is 10.8 Å². The second kappa shape index (κ2) is 9.50. The van der Waals surface area contributed by atoms with Gasteiger partial charge in [0, 0.05) is 29.9 Å². The van der Waals surface area contributed by atoms with Gasteiger partial charge in [-0.3, -0.25) is 10.2 Å². The lowest BCUT2D eigenvalue weighted by atomic mass is 9.97. The number of aliphatic hydroxyl groups excluding tert-OH is 1. The van der Waals surface area contributed by atoms with Crippen LogP contribution in [0.2, 0.25) is 0 Å². The van der Waals surface area contributed by atoms with Crippen molar-refractivity contribution in [1.82, 2.24) is 0 Å². The van der Waals surface area contributed by atoms with Crippen LogP contribution < -0.4 is 5.32 Å². The number of anilines is 1. The molecule has 0 amide bonds. The molecule has 0 atom stereocenters. The molecule has 0 aliphatic rings. The molecule has 0 aliphatic carbocycles. The summed E-state index contributed by atoms with van der Waals surface area (Å²) in [4.78, 5) is 10.6. The van der Waals surface area contributed by atoms with Crippen LogP contribution in [0.15, 0.2) is 59.9 Å². The van der Waals surface area contributed by atoms with Crippen LogP contribution in [-0.4, -0.2) is 27.6 Å². The minimum atomic E-state index is -0.805. The normalized spacial score (nSPS) is 11.5. The molecule has 0 fully saturated rings. The van der Waals surface area contributed by atoms with Crippen LogP contribution in [0.4, 0.5) is 5.69 Å². The van der Waals surface area contributed by atoms with Gasteiger partial charge in [0.25, 0.3) is 0 Å². The Kier molecular flexibility index (Phi) is 7.09. The summed E-state index contributed by atoms with van der Waals surface area (Å²) in [6, 6.07) is 15.1. The molecule has 2 aromatic carbocycles. The van der Waals surface area contributed by atoms with Crippen LogP contribution in [0.1, 0.15) is 37.0 Å². The molecule has 146 valence electrons. The average molecular weight is 379 g/mol. The van der Waals surface area contributed by atoms with E-state index in [1.165, 1.54) is 6.92 Å². The Morgan fingerprint density at radius 1 is 1.00 bits per heavy atom. The standard InChI is InChI=1S/C22H25N3O3/c1-14(23)21(15(2)26)22(24)18-5-3-4-17(12-18)13-25-19-9-6-16(7-10-19)8-11-20(27)28/h3-7,9-10,12,23-26H,8,11,13H2,1-2H3,(H,27,28)/b21-15+,23-14?,24-22?. The van der Waals surface area contributed by atoms with E-state index in [2.05, 4.69) is 5.32 Å². The summed E-state index contributed by atoms with van der Waals surface area (Å²) in [5.74, 6) is -0.843. The zero-order chi connectivity index (χ0) is 20.7. The lowest BCUT2D eigenvalue weighted by molar-refractivity contribution is -0.136. The number of carbonyl (C=O) groups is 1. The molecule has 0 unspecified atom stereocenters. The highest BCUT2D eigenvalue weighted by molar-refractivity contribution is 6.27. The number of carboxylic acid groups (broad SMARTS) is 1. The van der Waals surface area contributed by atoms with E-state index in [0.29, 0.717) is 18.5 Å². The molecule has 0 spiro atoms. The first kappa shape index (κ1) is 20.9. The van der Waals surface area contributed by atoms with Crippen molar-refractivity contribution in [3.05, 3.63) is 76.6 Å². The quantitative estimate of drug-likeness (QED) is 0.324. The molecule has 2 aromatic rings. The minimum Gasteiger partial charge on any atom is -0.512 e. The molecule has 0 aromatic heterocycles. The molecule has 2 rings (SSSR count). The first-order valence-electron chi connectivity index (χ1n) is 8.96. The monoisotopic (exact) mass is 379 g/mol. The highest BCUT2D eigenvalue weighted by Gasteiger charge is 2.14. The third-order valence-corrected chi connectivity index (χ3v) is 4.28. The van der Waals surface area contributed by atoms with Gasteiger partial charge in [-0.25, -0.2) is 0 Å². The predicted octanol–water partition coefficient (Wildman–Crippen LogP) is 4.56. The number of aliphatic carboxylic acids is 1. The maximum atomic E-state index is 10.6. The van der Waals surface area contributed by atoms with Gasteiger partial charge in [0.05, 0.1) is 11.3 Å². The lowest BCUT2D eigenvalue weighted by Gasteiger charge is -2.12. The Labute approximate surface area is 164 Å². The zero-order valence-corrected chi connectivity index (χ0v) is 16.0. The van der Waals surface area contributed by atoms with Gasteiger partial charge >= 0.3 is 5.97 Å². The number of rotatable bonds is 9. The maximum absolute atomic E-state index is 10.6. The molecule has 0 bridgehead atoms. The number of carboxylic acids is 1. The van der Waals surface area contributed by atoms with E-state index in [0.717, 1.165) is 16.8 Å². The Morgan fingerprint density at radius 3 is 2.25 bits per heavy atom. The second-order valence-electron chi connectivity index (χ2n) is 6.61. The molecule has 5 N–H and O–H groups in total. The Balaban J connectivity index is 2.05. The molecule has 6 nitrogen and oxygen atoms in total. The summed E-state index contributed by atoms with van der Waals surface area (Å²) < 4.78 is 0. The number of benzene rings is 2. The molecule has 0 saturated heterocycles. The first-order valence-corrected chi connectivity index (χ1v) is 8.96. The fourth-order valence-electron chi connectivity index (χ4n) is 2.87. The lowest BCUT2D eigenvalue weighted by Crippen LogP contribution is -2.13. The van der Waals surface area contributed by atoms with Gasteiger partial charge in [-0.15, -0.1) is 0 Å². The van der Waals surface area contributed by atoms with Crippen LogP contribution in [0, 0.1) is 10.8 Å². The van der Waals surface area contributed by atoms with Crippen molar-refractivity contribution in [2.75, 3.05) is 5.32 Å². The highest BCUT2D eigenvalue weighted by Crippen LogP contribution is 2.16. The molecule has 0 aliphatic heterocycles. The molecule has 0 heterocycles. The Bertz CT molecular complexity index is 911. The van der Waals surface area contributed by atoms with Crippen LogP contribution in [-0.2, 0) is 17.8 Å². The first-order chi connectivity index (χ1) is 13.3. The summed E-state index contributed by atoms with van der Waals surface area (Å²) in [5, 5.41) is 37.9. The summed E-state index contributed by atoms with van der Waals surface area (Å²) in [6.45, 7) is 3.58. The van der Waals surface area contributed by atoms with Gasteiger partial charge in [0.15, 0.2) is 0 Å². The van der Waals surface area contributed by atoms with E-state index in [1.54, 1.807) is 13.0 Å². The van der Waals surface area contributed by atoms with Crippen LogP contribution in [0.5, 0.6) is 0 Å². The summed E-state index contributed by atoms with van der Waals surface area (Å²) in [5.41, 5.74) is 4.01. The molecular formula is C22H25N3O3. The maximum Gasteiger partial charge on any atom is 0.303 e. The van der Waals surface area contributed by atoms with Crippen molar-refractivity contribution in [3.8, 4) is 0 Å². The van der Waals surface area contributed by atoms with Gasteiger partial charge in [-0.1, -0.05) is 30.3 Å². The highest BCUT2D eigenvalue weighted by atomic mass is 16.4. The number of allylic oxidation sites excluding steroid dienone is 2. The van der Waals surface area contributed by atoms with Crippen molar-refractivity contribution in [2.45, 2.75) is 33.2 Å². The smallest absolute Gasteiger partial charge is 0.303 e. The van der Waals surface area contributed by atoms with Gasteiger partial charge in [-0.2, -0.15) is 0 Å². The zero-order valence-electron chi connectivity index (χ0n) is 16.0. The number of aliphatic hydroxyl groups is 1. The van der Waals surface area contributed by atoms with Crippen LogP contribution >= 0.6 is 0 Å². The summed E-state index contributed by atoms with van der Waals surface area (Å²) in [7, 11) is 0. The minimum absolute atomic E-state index is 0.0379. The van der Waals surface area contributed by atoms with Gasteiger partial charge in [0.2, 0.25) is 0 Å². The molecule has 6 heteroatoms. The second-order valence-corrected chi connectivity index (χ2v) is 6.61. The molecular weight excluding hydrogens is 354 g/mol. The van der Waals surface area contributed by atoms with Crippen molar-refractivity contribution < 1.29 is 15.0 Å². The topological polar surface area (TPSA) is 117 Å².